The maximum absolute atomic E-state index is 12.8. The van der Waals surface area contributed by atoms with Crippen molar-refractivity contribution in [2.75, 3.05) is 26.0 Å². The van der Waals surface area contributed by atoms with Crippen molar-refractivity contribution in [2.45, 2.75) is 56.2 Å². The maximum Gasteiger partial charge on any atom is 0.260 e. The standard InChI is InChI=1S/C19H27N3O5S/c1-28(24,25)21-16-7-9-22-17(16)11-26-14-4-2-13(3-5-14)15-10-20-8-6-18(15)27-12-19(22)23/h6,8,10,13-14,16-17,21H,2-5,7,9,11-12H2,1H3/t13?,14?,16-,17?/m0/s1. The molecule has 28 heavy (non-hydrogen) atoms. The molecule has 8 nitrogen and oxygen atoms in total. The fourth-order valence-electron chi connectivity index (χ4n) is 4.61. The van der Waals surface area contributed by atoms with Crippen LogP contribution in [0, 0.1) is 0 Å². The number of rotatable bonds is 2. The average Bonchev–Trinajstić information content (AvgIpc) is 3.05. The van der Waals surface area contributed by atoms with Gasteiger partial charge in [-0.25, -0.2) is 13.1 Å². The Morgan fingerprint density at radius 3 is 2.75 bits per heavy atom. The van der Waals surface area contributed by atoms with Crippen molar-refractivity contribution in [2.24, 2.45) is 0 Å². The van der Waals surface area contributed by atoms with Gasteiger partial charge in [0.2, 0.25) is 10.0 Å². The molecule has 2 atom stereocenters. The number of fused-ring (bicyclic) bond motifs is 5. The quantitative estimate of drug-likeness (QED) is 0.784. The highest BCUT2D eigenvalue weighted by atomic mass is 32.2. The van der Waals surface area contributed by atoms with Gasteiger partial charge in [0.05, 0.1) is 25.0 Å². The molecule has 5 rings (SSSR count). The molecule has 1 saturated carbocycles. The molecule has 3 aliphatic heterocycles. The van der Waals surface area contributed by atoms with Gasteiger partial charge in [-0.2, -0.15) is 0 Å². The van der Waals surface area contributed by atoms with Crippen LogP contribution in [-0.4, -0.2) is 68.4 Å². The summed E-state index contributed by atoms with van der Waals surface area (Å²) in [6, 6.07) is 1.17. The number of amides is 1. The third kappa shape index (κ3) is 4.31. The molecule has 4 heterocycles. The minimum absolute atomic E-state index is 0.0741. The van der Waals surface area contributed by atoms with Gasteiger partial charge in [0.1, 0.15) is 5.75 Å². The number of ether oxygens (including phenoxy) is 2. The van der Waals surface area contributed by atoms with Crippen molar-refractivity contribution in [1.29, 1.82) is 0 Å². The molecule has 1 aromatic heterocycles. The largest absolute Gasteiger partial charge is 0.483 e. The summed E-state index contributed by atoms with van der Waals surface area (Å²) in [7, 11) is -3.36. The van der Waals surface area contributed by atoms with Gasteiger partial charge in [-0.15, -0.1) is 0 Å². The number of nitrogens with one attached hydrogen (secondary N) is 1. The molecule has 2 fully saturated rings. The van der Waals surface area contributed by atoms with Crippen molar-refractivity contribution in [3.63, 3.8) is 0 Å². The Kier molecular flexibility index (Phi) is 5.57. The third-order valence-corrected chi connectivity index (χ3v) is 6.74. The number of hydrogen-bond donors (Lipinski definition) is 1. The van der Waals surface area contributed by atoms with Crippen LogP contribution in [0.25, 0.3) is 0 Å². The van der Waals surface area contributed by atoms with Crippen molar-refractivity contribution in [3.8, 4) is 5.75 Å². The van der Waals surface area contributed by atoms with Crippen LogP contribution in [0.1, 0.15) is 43.6 Å². The molecule has 0 radical (unpaired) electrons. The highest BCUT2D eigenvalue weighted by Gasteiger charge is 2.39. The van der Waals surface area contributed by atoms with Crippen molar-refractivity contribution >= 4 is 15.9 Å². The van der Waals surface area contributed by atoms with Crippen LogP contribution in [0.3, 0.4) is 0 Å². The number of hydrogen-bond acceptors (Lipinski definition) is 6. The molecule has 1 aromatic rings. The Labute approximate surface area is 165 Å². The predicted molar refractivity (Wildman–Crippen MR) is 103 cm³/mol. The molecule has 9 heteroatoms. The molecule has 1 unspecified atom stereocenters. The smallest absolute Gasteiger partial charge is 0.260 e. The highest BCUT2D eigenvalue weighted by Crippen LogP contribution is 2.38. The van der Waals surface area contributed by atoms with Crippen LogP contribution in [0.2, 0.25) is 0 Å². The zero-order chi connectivity index (χ0) is 19.7. The van der Waals surface area contributed by atoms with E-state index >= 15 is 0 Å². The van der Waals surface area contributed by atoms with Gasteiger partial charge in [0.25, 0.3) is 5.91 Å². The molecular weight excluding hydrogens is 382 g/mol. The summed E-state index contributed by atoms with van der Waals surface area (Å²) in [6.07, 6.45) is 9.22. The Morgan fingerprint density at radius 2 is 2.00 bits per heavy atom. The summed E-state index contributed by atoms with van der Waals surface area (Å²) in [4.78, 5) is 18.8. The van der Waals surface area contributed by atoms with E-state index in [9.17, 15) is 13.2 Å². The van der Waals surface area contributed by atoms with E-state index < -0.39 is 10.0 Å². The number of carbonyl (C=O) groups excluding carboxylic acids is 1. The lowest BCUT2D eigenvalue weighted by molar-refractivity contribution is -0.136. The topological polar surface area (TPSA) is 97.8 Å². The molecule has 1 aliphatic carbocycles. The third-order valence-electron chi connectivity index (χ3n) is 6.01. The monoisotopic (exact) mass is 409 g/mol. The van der Waals surface area contributed by atoms with E-state index in [1.807, 2.05) is 12.3 Å². The summed E-state index contributed by atoms with van der Waals surface area (Å²) >= 11 is 0. The zero-order valence-electron chi connectivity index (χ0n) is 16.0. The molecule has 1 amide bonds. The SMILES string of the molecule is CS(=O)(=O)N[C@H]1CCN2C(=O)COc3ccncc3C3CCC(CC3)OCC12. The van der Waals surface area contributed by atoms with E-state index in [0.29, 0.717) is 31.2 Å². The van der Waals surface area contributed by atoms with Crippen LogP contribution in [0.15, 0.2) is 18.5 Å². The van der Waals surface area contributed by atoms with Gasteiger partial charge >= 0.3 is 0 Å². The first-order valence-electron chi connectivity index (χ1n) is 9.86. The van der Waals surface area contributed by atoms with Crippen LogP contribution in [0.5, 0.6) is 5.75 Å². The second-order valence-corrected chi connectivity index (χ2v) is 9.73. The summed E-state index contributed by atoms with van der Waals surface area (Å²) in [5.41, 5.74) is 1.06. The van der Waals surface area contributed by atoms with Gasteiger partial charge in [-0.3, -0.25) is 9.78 Å². The summed E-state index contributed by atoms with van der Waals surface area (Å²) < 4.78 is 38.2. The van der Waals surface area contributed by atoms with E-state index in [-0.39, 0.29) is 30.7 Å². The normalized spacial score (nSPS) is 31.2. The van der Waals surface area contributed by atoms with E-state index in [2.05, 4.69) is 9.71 Å². The fourth-order valence-corrected chi connectivity index (χ4v) is 5.44. The number of pyridine rings is 1. The van der Waals surface area contributed by atoms with E-state index in [1.165, 1.54) is 0 Å². The molecule has 0 aromatic carbocycles. The Hall–Kier alpha value is -1.71. The van der Waals surface area contributed by atoms with Crippen LogP contribution >= 0.6 is 0 Å². The fraction of sp³-hybridized carbons (Fsp3) is 0.684. The first-order chi connectivity index (χ1) is 13.4. The molecule has 4 aliphatic rings. The summed E-state index contributed by atoms with van der Waals surface area (Å²) in [6.45, 7) is 0.748. The number of carbonyl (C=O) groups is 1. The van der Waals surface area contributed by atoms with Crippen molar-refractivity contribution < 1.29 is 22.7 Å². The van der Waals surface area contributed by atoms with Crippen molar-refractivity contribution in [1.82, 2.24) is 14.6 Å². The molecular formula is C19H27N3O5S. The number of nitrogens with zero attached hydrogens (tertiary/aromatic N) is 2. The Balaban J connectivity index is 1.59. The molecule has 2 bridgehead atoms. The number of sulfonamides is 1. The molecule has 154 valence electrons. The Morgan fingerprint density at radius 1 is 1.21 bits per heavy atom. The molecule has 0 spiro atoms. The lowest BCUT2D eigenvalue weighted by Crippen LogP contribution is -2.50. The van der Waals surface area contributed by atoms with E-state index in [1.54, 1.807) is 11.1 Å². The zero-order valence-corrected chi connectivity index (χ0v) is 16.9. The van der Waals surface area contributed by atoms with Gasteiger partial charge in [-0.05, 0) is 44.1 Å². The molecule has 1 N–H and O–H groups in total. The highest BCUT2D eigenvalue weighted by molar-refractivity contribution is 7.88. The van der Waals surface area contributed by atoms with Crippen LogP contribution < -0.4 is 9.46 Å². The van der Waals surface area contributed by atoms with Crippen molar-refractivity contribution in [3.05, 3.63) is 24.0 Å². The average molecular weight is 410 g/mol. The second kappa shape index (κ2) is 7.96. The second-order valence-electron chi connectivity index (χ2n) is 7.95. The van der Waals surface area contributed by atoms with Gasteiger partial charge in [0.15, 0.2) is 6.61 Å². The minimum Gasteiger partial charge on any atom is -0.483 e. The van der Waals surface area contributed by atoms with Crippen LogP contribution in [-0.2, 0) is 19.6 Å². The molecule has 1 saturated heterocycles. The minimum atomic E-state index is -3.36. The van der Waals surface area contributed by atoms with Gasteiger partial charge < -0.3 is 14.4 Å². The summed E-state index contributed by atoms with van der Waals surface area (Å²) in [5, 5.41) is 0. The van der Waals surface area contributed by atoms with Gasteiger partial charge in [0, 0.05) is 30.5 Å². The summed E-state index contributed by atoms with van der Waals surface area (Å²) in [5.74, 6) is 0.924. The lowest BCUT2D eigenvalue weighted by atomic mass is 9.83. The Bertz CT molecular complexity index is 823. The first-order valence-corrected chi connectivity index (χ1v) is 11.7. The van der Waals surface area contributed by atoms with Crippen LogP contribution in [0.4, 0.5) is 0 Å². The lowest BCUT2D eigenvalue weighted by Gasteiger charge is -2.32. The van der Waals surface area contributed by atoms with E-state index in [0.717, 1.165) is 37.5 Å². The predicted octanol–water partition coefficient (Wildman–Crippen LogP) is 1.04. The van der Waals surface area contributed by atoms with E-state index in [4.69, 9.17) is 9.47 Å². The maximum atomic E-state index is 12.8. The van der Waals surface area contributed by atoms with Gasteiger partial charge in [-0.1, -0.05) is 0 Å². The number of aromatic nitrogens is 1. The first kappa shape index (κ1) is 19.6.